The summed E-state index contributed by atoms with van der Waals surface area (Å²) in [6.07, 6.45) is 6.59. The smallest absolute Gasteiger partial charge is 0.122 e. The van der Waals surface area contributed by atoms with Gasteiger partial charge in [0.15, 0.2) is 0 Å². The Bertz CT molecular complexity index is 369. The van der Waals surface area contributed by atoms with E-state index in [0.717, 1.165) is 37.7 Å². The molecule has 1 N–H and O–H groups in total. The lowest BCUT2D eigenvalue weighted by molar-refractivity contribution is 0.252. The maximum absolute atomic E-state index is 5.92. The largest absolute Gasteiger partial charge is 0.493 e. The second kappa shape index (κ2) is 7.22. The highest BCUT2D eigenvalue weighted by atomic mass is 16.5. The zero-order valence-electron chi connectivity index (χ0n) is 11.0. The highest BCUT2D eigenvalue weighted by Crippen LogP contribution is 2.20. The molecule has 0 radical (unpaired) electrons. The SMILES string of the molecule is C=CCc1ccccc1OCC[C@H]1CCCNC1. The molecule has 0 aromatic heterocycles. The van der Waals surface area contributed by atoms with Crippen LogP contribution in [-0.4, -0.2) is 19.7 Å². The van der Waals surface area contributed by atoms with Crippen LogP contribution in [-0.2, 0) is 6.42 Å². The lowest BCUT2D eigenvalue weighted by Crippen LogP contribution is -2.30. The molecule has 1 aliphatic heterocycles. The van der Waals surface area contributed by atoms with Gasteiger partial charge in [-0.25, -0.2) is 0 Å². The third kappa shape index (κ3) is 3.88. The molecule has 0 spiro atoms. The second-order valence-corrected chi connectivity index (χ2v) is 4.95. The Morgan fingerprint density at radius 3 is 3.06 bits per heavy atom. The van der Waals surface area contributed by atoms with Gasteiger partial charge in [0.25, 0.3) is 0 Å². The lowest BCUT2D eigenvalue weighted by Gasteiger charge is -2.22. The second-order valence-electron chi connectivity index (χ2n) is 4.95. The molecule has 0 bridgehead atoms. The van der Waals surface area contributed by atoms with Crippen molar-refractivity contribution in [2.75, 3.05) is 19.7 Å². The van der Waals surface area contributed by atoms with E-state index in [1.165, 1.54) is 24.9 Å². The van der Waals surface area contributed by atoms with Crippen molar-refractivity contribution in [3.63, 3.8) is 0 Å². The first-order chi connectivity index (χ1) is 8.90. The summed E-state index contributed by atoms with van der Waals surface area (Å²) in [7, 11) is 0. The molecule has 1 aliphatic rings. The van der Waals surface area contributed by atoms with Crippen LogP contribution in [0.4, 0.5) is 0 Å². The first-order valence-corrected chi connectivity index (χ1v) is 6.92. The molecular weight excluding hydrogens is 222 g/mol. The van der Waals surface area contributed by atoms with Crippen LogP contribution in [0.3, 0.4) is 0 Å². The van der Waals surface area contributed by atoms with Crippen LogP contribution in [0.5, 0.6) is 5.75 Å². The van der Waals surface area contributed by atoms with Gasteiger partial charge in [-0.2, -0.15) is 0 Å². The van der Waals surface area contributed by atoms with Gasteiger partial charge in [0, 0.05) is 0 Å². The van der Waals surface area contributed by atoms with Crippen LogP contribution in [0.25, 0.3) is 0 Å². The van der Waals surface area contributed by atoms with Crippen molar-refractivity contribution in [1.82, 2.24) is 5.32 Å². The van der Waals surface area contributed by atoms with Crippen LogP contribution < -0.4 is 10.1 Å². The number of hydrogen-bond donors (Lipinski definition) is 1. The van der Waals surface area contributed by atoms with Crippen LogP contribution in [0.15, 0.2) is 36.9 Å². The fourth-order valence-corrected chi connectivity index (χ4v) is 2.47. The minimum absolute atomic E-state index is 0.783. The maximum atomic E-state index is 5.92. The van der Waals surface area contributed by atoms with E-state index in [1.807, 2.05) is 12.1 Å². The number of ether oxygens (including phenoxy) is 1. The molecule has 2 rings (SSSR count). The number of nitrogens with one attached hydrogen (secondary N) is 1. The van der Waals surface area contributed by atoms with Crippen LogP contribution >= 0.6 is 0 Å². The topological polar surface area (TPSA) is 21.3 Å². The van der Waals surface area contributed by atoms with E-state index in [0.29, 0.717) is 0 Å². The molecule has 1 atom stereocenters. The number of rotatable bonds is 6. The maximum Gasteiger partial charge on any atom is 0.122 e. The monoisotopic (exact) mass is 245 g/mol. The van der Waals surface area contributed by atoms with Crippen molar-refractivity contribution < 1.29 is 4.74 Å². The molecule has 2 nitrogen and oxygen atoms in total. The Balaban J connectivity index is 1.80. The first kappa shape index (κ1) is 13.2. The first-order valence-electron chi connectivity index (χ1n) is 6.92. The van der Waals surface area contributed by atoms with E-state index in [4.69, 9.17) is 4.74 Å². The van der Waals surface area contributed by atoms with Crippen molar-refractivity contribution in [2.45, 2.75) is 25.7 Å². The Morgan fingerprint density at radius 2 is 2.28 bits per heavy atom. The van der Waals surface area contributed by atoms with Crippen molar-refractivity contribution in [3.05, 3.63) is 42.5 Å². The summed E-state index contributed by atoms with van der Waals surface area (Å²) in [6, 6.07) is 8.25. The highest BCUT2D eigenvalue weighted by molar-refractivity contribution is 5.34. The number of piperidine rings is 1. The molecule has 1 heterocycles. The normalized spacial score (nSPS) is 19.4. The van der Waals surface area contributed by atoms with Gasteiger partial charge >= 0.3 is 0 Å². The van der Waals surface area contributed by atoms with Gasteiger partial charge in [-0.05, 0) is 56.3 Å². The molecule has 2 heteroatoms. The molecule has 1 fully saturated rings. The quantitative estimate of drug-likeness (QED) is 0.777. The molecule has 0 saturated carbocycles. The van der Waals surface area contributed by atoms with Gasteiger partial charge in [-0.3, -0.25) is 0 Å². The average Bonchev–Trinajstić information content (AvgIpc) is 2.42. The molecule has 1 saturated heterocycles. The summed E-state index contributed by atoms with van der Waals surface area (Å²) in [5, 5.41) is 3.45. The molecule has 0 unspecified atom stereocenters. The van der Waals surface area contributed by atoms with E-state index in [1.54, 1.807) is 0 Å². The van der Waals surface area contributed by atoms with E-state index in [2.05, 4.69) is 30.1 Å². The van der Waals surface area contributed by atoms with Gasteiger partial charge in [-0.1, -0.05) is 24.3 Å². The van der Waals surface area contributed by atoms with Gasteiger partial charge in [0.2, 0.25) is 0 Å². The number of allylic oxidation sites excluding steroid dienone is 1. The Labute approximate surface area is 110 Å². The number of para-hydroxylation sites is 1. The van der Waals surface area contributed by atoms with Crippen molar-refractivity contribution in [1.29, 1.82) is 0 Å². The summed E-state index contributed by atoms with van der Waals surface area (Å²) in [5.74, 6) is 1.80. The van der Waals surface area contributed by atoms with Gasteiger partial charge in [0.1, 0.15) is 5.75 Å². The minimum atomic E-state index is 0.783. The van der Waals surface area contributed by atoms with Crippen molar-refractivity contribution >= 4 is 0 Å². The molecular formula is C16H23NO. The molecule has 1 aromatic carbocycles. The van der Waals surface area contributed by atoms with E-state index in [-0.39, 0.29) is 0 Å². The lowest BCUT2D eigenvalue weighted by atomic mass is 9.97. The van der Waals surface area contributed by atoms with E-state index >= 15 is 0 Å². The fourth-order valence-electron chi connectivity index (χ4n) is 2.47. The van der Waals surface area contributed by atoms with Gasteiger partial charge in [0.05, 0.1) is 6.61 Å². The third-order valence-electron chi connectivity index (χ3n) is 3.52. The number of benzene rings is 1. The fraction of sp³-hybridized carbons (Fsp3) is 0.500. The molecule has 1 aromatic rings. The predicted molar refractivity (Wildman–Crippen MR) is 76.0 cm³/mol. The Kier molecular flexibility index (Phi) is 5.28. The summed E-state index contributed by atoms with van der Waals surface area (Å²) < 4.78 is 5.92. The van der Waals surface area contributed by atoms with Crippen molar-refractivity contribution in [3.8, 4) is 5.75 Å². The molecule has 98 valence electrons. The van der Waals surface area contributed by atoms with Crippen molar-refractivity contribution in [2.24, 2.45) is 5.92 Å². The summed E-state index contributed by atoms with van der Waals surface area (Å²) >= 11 is 0. The van der Waals surface area contributed by atoms with Crippen LogP contribution in [0, 0.1) is 5.92 Å². The zero-order valence-corrected chi connectivity index (χ0v) is 11.0. The summed E-state index contributed by atoms with van der Waals surface area (Å²) in [6.45, 7) is 6.94. The number of hydrogen-bond acceptors (Lipinski definition) is 2. The molecule has 18 heavy (non-hydrogen) atoms. The van der Waals surface area contributed by atoms with E-state index in [9.17, 15) is 0 Å². The average molecular weight is 245 g/mol. The molecule has 0 amide bonds. The Morgan fingerprint density at radius 1 is 1.39 bits per heavy atom. The van der Waals surface area contributed by atoms with Crippen LogP contribution in [0.1, 0.15) is 24.8 Å². The predicted octanol–water partition coefficient (Wildman–Crippen LogP) is 3.18. The standard InChI is InChI=1S/C16H23NO/c1-2-6-15-8-3-4-9-16(15)18-12-10-14-7-5-11-17-13-14/h2-4,8-9,14,17H,1,5-7,10-13H2/t14-/m1/s1. The zero-order chi connectivity index (χ0) is 12.6. The van der Waals surface area contributed by atoms with Gasteiger partial charge in [-0.15, -0.1) is 6.58 Å². The molecule has 0 aliphatic carbocycles. The highest BCUT2D eigenvalue weighted by Gasteiger charge is 2.12. The summed E-state index contributed by atoms with van der Waals surface area (Å²) in [4.78, 5) is 0. The van der Waals surface area contributed by atoms with E-state index < -0.39 is 0 Å². The third-order valence-corrected chi connectivity index (χ3v) is 3.52. The van der Waals surface area contributed by atoms with Gasteiger partial charge < -0.3 is 10.1 Å². The van der Waals surface area contributed by atoms with Crippen LogP contribution in [0.2, 0.25) is 0 Å². The minimum Gasteiger partial charge on any atom is -0.493 e. The summed E-state index contributed by atoms with van der Waals surface area (Å²) in [5.41, 5.74) is 1.23. The Hall–Kier alpha value is -1.28.